The van der Waals surface area contributed by atoms with Crippen molar-refractivity contribution in [2.45, 2.75) is 58.4 Å². The highest BCUT2D eigenvalue weighted by atomic mass is 16.2. The molecule has 1 aliphatic carbocycles. The van der Waals surface area contributed by atoms with E-state index in [0.717, 1.165) is 13.0 Å². The molecular formula is C15H26N2O2. The topological polar surface area (TPSA) is 49.4 Å². The van der Waals surface area contributed by atoms with Crippen LogP contribution in [0, 0.1) is 11.8 Å². The number of carbonyl (C=O) groups is 2. The Morgan fingerprint density at radius 3 is 2.58 bits per heavy atom. The lowest BCUT2D eigenvalue weighted by molar-refractivity contribution is -0.152. The molecule has 2 aliphatic rings. The standard InChI is InChI=1S/C15H26N2O2/c1-3-11(2)13-9-16-14(18)15(19)17(13)10-12-7-5-4-6-8-12/h11-13H,3-10H2,1-2H3,(H,16,18)/t11?,13-/m1/s1. The van der Waals surface area contributed by atoms with Crippen LogP contribution in [0.3, 0.4) is 0 Å². The van der Waals surface area contributed by atoms with Crippen LogP contribution in [0.25, 0.3) is 0 Å². The van der Waals surface area contributed by atoms with Crippen molar-refractivity contribution in [2.75, 3.05) is 13.1 Å². The average molecular weight is 266 g/mol. The lowest BCUT2D eigenvalue weighted by Crippen LogP contribution is -2.60. The molecular weight excluding hydrogens is 240 g/mol. The molecule has 19 heavy (non-hydrogen) atoms. The van der Waals surface area contributed by atoms with Crippen LogP contribution < -0.4 is 5.32 Å². The second-order valence-electron chi connectivity index (χ2n) is 6.12. The second kappa shape index (κ2) is 6.40. The van der Waals surface area contributed by atoms with Gasteiger partial charge in [-0.1, -0.05) is 39.5 Å². The van der Waals surface area contributed by atoms with Gasteiger partial charge >= 0.3 is 11.8 Å². The van der Waals surface area contributed by atoms with Crippen molar-refractivity contribution in [3.05, 3.63) is 0 Å². The molecule has 0 radical (unpaired) electrons. The van der Waals surface area contributed by atoms with Gasteiger partial charge in [0, 0.05) is 13.1 Å². The van der Waals surface area contributed by atoms with Crippen LogP contribution in [-0.4, -0.2) is 35.8 Å². The van der Waals surface area contributed by atoms with E-state index in [1.54, 1.807) is 0 Å². The number of amides is 2. The summed E-state index contributed by atoms with van der Waals surface area (Å²) in [5, 5.41) is 2.73. The Balaban J connectivity index is 2.05. The molecule has 1 heterocycles. The summed E-state index contributed by atoms with van der Waals surface area (Å²) in [6.45, 7) is 5.71. The Labute approximate surface area is 115 Å². The number of hydrogen-bond acceptors (Lipinski definition) is 2. The third kappa shape index (κ3) is 3.28. The lowest BCUT2D eigenvalue weighted by atomic mass is 9.87. The van der Waals surface area contributed by atoms with Gasteiger partial charge in [0.15, 0.2) is 0 Å². The first-order valence-corrected chi connectivity index (χ1v) is 7.72. The Bertz CT molecular complexity index is 337. The quantitative estimate of drug-likeness (QED) is 0.791. The molecule has 2 rings (SSSR count). The van der Waals surface area contributed by atoms with Crippen LogP contribution in [0.5, 0.6) is 0 Å². The summed E-state index contributed by atoms with van der Waals surface area (Å²) in [5.41, 5.74) is 0. The van der Waals surface area contributed by atoms with Gasteiger partial charge in [-0.15, -0.1) is 0 Å². The Hall–Kier alpha value is -1.06. The minimum atomic E-state index is -0.421. The van der Waals surface area contributed by atoms with E-state index in [2.05, 4.69) is 19.2 Å². The summed E-state index contributed by atoms with van der Waals surface area (Å²) in [6.07, 6.45) is 7.31. The summed E-state index contributed by atoms with van der Waals surface area (Å²) in [4.78, 5) is 25.6. The summed E-state index contributed by atoms with van der Waals surface area (Å²) in [5.74, 6) is 0.292. The molecule has 2 atom stereocenters. The van der Waals surface area contributed by atoms with Crippen molar-refractivity contribution in [1.29, 1.82) is 0 Å². The fourth-order valence-corrected chi connectivity index (χ4v) is 3.31. The molecule has 108 valence electrons. The monoisotopic (exact) mass is 266 g/mol. The summed E-state index contributed by atoms with van der Waals surface area (Å²) >= 11 is 0. The highest BCUT2D eigenvalue weighted by Gasteiger charge is 2.37. The molecule has 4 nitrogen and oxygen atoms in total. The molecule has 0 aromatic heterocycles. The zero-order chi connectivity index (χ0) is 13.8. The van der Waals surface area contributed by atoms with Crippen LogP contribution in [-0.2, 0) is 9.59 Å². The number of nitrogens with zero attached hydrogens (tertiary/aromatic N) is 1. The first-order valence-electron chi connectivity index (χ1n) is 7.72. The van der Waals surface area contributed by atoms with Gasteiger partial charge in [0.2, 0.25) is 0 Å². The lowest BCUT2D eigenvalue weighted by Gasteiger charge is -2.41. The molecule has 0 spiro atoms. The van der Waals surface area contributed by atoms with Crippen molar-refractivity contribution >= 4 is 11.8 Å². The molecule has 2 amide bonds. The molecule has 1 unspecified atom stereocenters. The third-order valence-corrected chi connectivity index (χ3v) is 4.81. The van der Waals surface area contributed by atoms with Crippen molar-refractivity contribution in [3.8, 4) is 0 Å². The SMILES string of the molecule is CCC(C)[C@H]1CNC(=O)C(=O)N1CC1CCCCC1. The van der Waals surface area contributed by atoms with Crippen LogP contribution in [0.4, 0.5) is 0 Å². The van der Waals surface area contributed by atoms with E-state index in [-0.39, 0.29) is 11.9 Å². The Kier molecular flexibility index (Phi) is 4.83. The third-order valence-electron chi connectivity index (χ3n) is 4.81. The zero-order valence-corrected chi connectivity index (χ0v) is 12.2. The largest absolute Gasteiger partial charge is 0.346 e. The van der Waals surface area contributed by atoms with E-state index < -0.39 is 5.91 Å². The smallest absolute Gasteiger partial charge is 0.312 e. The Morgan fingerprint density at radius 2 is 1.95 bits per heavy atom. The van der Waals surface area contributed by atoms with Gasteiger partial charge in [-0.3, -0.25) is 9.59 Å². The highest BCUT2D eigenvalue weighted by Crippen LogP contribution is 2.27. The number of piperazine rings is 1. The average Bonchev–Trinajstić information content (AvgIpc) is 2.44. The Morgan fingerprint density at radius 1 is 1.26 bits per heavy atom. The number of hydrogen-bond donors (Lipinski definition) is 1. The summed E-state index contributed by atoms with van der Waals surface area (Å²) in [6, 6.07) is 0.178. The van der Waals surface area contributed by atoms with Gasteiger partial charge in [0.05, 0.1) is 6.04 Å². The molecule has 0 bridgehead atoms. The normalized spacial score (nSPS) is 27.3. The van der Waals surface area contributed by atoms with Gasteiger partial charge in [-0.05, 0) is 24.7 Å². The minimum absolute atomic E-state index is 0.178. The fourth-order valence-electron chi connectivity index (χ4n) is 3.31. The van der Waals surface area contributed by atoms with E-state index in [1.807, 2.05) is 4.90 Å². The van der Waals surface area contributed by atoms with Crippen molar-refractivity contribution < 1.29 is 9.59 Å². The van der Waals surface area contributed by atoms with Crippen LogP contribution in [0.1, 0.15) is 52.4 Å². The minimum Gasteiger partial charge on any atom is -0.346 e. The molecule has 1 saturated carbocycles. The number of nitrogens with one attached hydrogen (secondary N) is 1. The first kappa shape index (κ1) is 14.4. The van der Waals surface area contributed by atoms with Gasteiger partial charge in [0.1, 0.15) is 0 Å². The first-order chi connectivity index (χ1) is 9.13. The molecule has 0 aromatic carbocycles. The predicted molar refractivity (Wildman–Crippen MR) is 74.5 cm³/mol. The van der Waals surface area contributed by atoms with E-state index >= 15 is 0 Å². The highest BCUT2D eigenvalue weighted by molar-refractivity contribution is 6.35. The fraction of sp³-hybridized carbons (Fsp3) is 0.867. The molecule has 1 saturated heterocycles. The van der Waals surface area contributed by atoms with Gasteiger partial charge in [0.25, 0.3) is 0 Å². The molecule has 1 N–H and O–H groups in total. The molecule has 1 aliphatic heterocycles. The van der Waals surface area contributed by atoms with Crippen LogP contribution in [0.2, 0.25) is 0 Å². The molecule has 0 aromatic rings. The van der Waals surface area contributed by atoms with E-state index in [4.69, 9.17) is 0 Å². The van der Waals surface area contributed by atoms with Crippen LogP contribution in [0.15, 0.2) is 0 Å². The van der Waals surface area contributed by atoms with E-state index in [1.165, 1.54) is 32.1 Å². The van der Waals surface area contributed by atoms with E-state index in [0.29, 0.717) is 18.4 Å². The second-order valence-corrected chi connectivity index (χ2v) is 6.12. The maximum absolute atomic E-state index is 12.1. The van der Waals surface area contributed by atoms with Gasteiger partial charge < -0.3 is 10.2 Å². The van der Waals surface area contributed by atoms with E-state index in [9.17, 15) is 9.59 Å². The predicted octanol–water partition coefficient (Wildman–Crippen LogP) is 1.94. The molecule has 4 heteroatoms. The van der Waals surface area contributed by atoms with Crippen molar-refractivity contribution in [3.63, 3.8) is 0 Å². The summed E-state index contributed by atoms with van der Waals surface area (Å²) < 4.78 is 0. The van der Waals surface area contributed by atoms with Gasteiger partial charge in [-0.25, -0.2) is 0 Å². The number of carbonyl (C=O) groups excluding carboxylic acids is 2. The maximum atomic E-state index is 12.1. The van der Waals surface area contributed by atoms with Crippen molar-refractivity contribution in [2.24, 2.45) is 11.8 Å². The van der Waals surface area contributed by atoms with Crippen molar-refractivity contribution in [1.82, 2.24) is 10.2 Å². The van der Waals surface area contributed by atoms with Crippen LogP contribution >= 0.6 is 0 Å². The maximum Gasteiger partial charge on any atom is 0.312 e. The molecule has 2 fully saturated rings. The zero-order valence-electron chi connectivity index (χ0n) is 12.2. The van der Waals surface area contributed by atoms with Gasteiger partial charge in [-0.2, -0.15) is 0 Å². The number of rotatable bonds is 4. The summed E-state index contributed by atoms with van der Waals surface area (Å²) in [7, 11) is 0.